The molecule has 0 radical (unpaired) electrons. The van der Waals surface area contributed by atoms with Crippen LogP contribution in [-0.2, 0) is 15.9 Å². The minimum Gasteiger partial charge on any atom is -0.497 e. The highest BCUT2D eigenvalue weighted by Crippen LogP contribution is 2.17. The molecule has 0 amide bonds. The Morgan fingerprint density at radius 2 is 1.16 bits per heavy atom. The van der Waals surface area contributed by atoms with Crippen LogP contribution in [0.5, 0.6) is 11.5 Å². The fraction of sp³-hybridized carbons (Fsp3) is 0.538. The molecule has 6 nitrogen and oxygen atoms in total. The molecule has 182 valence electrons. The maximum absolute atomic E-state index is 9.89. The van der Waals surface area contributed by atoms with E-state index < -0.39 is 12.2 Å². The Labute approximate surface area is 194 Å². The second-order valence-corrected chi connectivity index (χ2v) is 6.56. The predicted molar refractivity (Wildman–Crippen MR) is 130 cm³/mol. The van der Waals surface area contributed by atoms with E-state index in [0.717, 1.165) is 12.2 Å². The first-order valence-electron chi connectivity index (χ1n) is 11.5. The second kappa shape index (κ2) is 19.6. The van der Waals surface area contributed by atoms with Crippen LogP contribution in [0.1, 0.15) is 52.2 Å². The average molecular weight is 451 g/mol. The van der Waals surface area contributed by atoms with E-state index in [1.54, 1.807) is 7.11 Å². The first kappa shape index (κ1) is 29.9. The molecular formula is C26H42O6. The van der Waals surface area contributed by atoms with Crippen LogP contribution in [0.3, 0.4) is 0 Å². The van der Waals surface area contributed by atoms with Gasteiger partial charge in [-0.15, -0.1) is 0 Å². The highest BCUT2D eigenvalue weighted by atomic mass is 16.7. The Balaban J connectivity index is 0.00000227. The lowest BCUT2D eigenvalue weighted by Gasteiger charge is -2.14. The maximum Gasteiger partial charge on any atom is 0.146 e. The highest BCUT2D eigenvalue weighted by Gasteiger charge is 2.07. The van der Waals surface area contributed by atoms with Crippen LogP contribution >= 0.6 is 0 Å². The van der Waals surface area contributed by atoms with Crippen molar-refractivity contribution in [3.8, 4) is 11.5 Å². The van der Waals surface area contributed by atoms with Gasteiger partial charge in [0.25, 0.3) is 0 Å². The van der Waals surface area contributed by atoms with Crippen LogP contribution in [0.2, 0.25) is 0 Å². The monoisotopic (exact) mass is 450 g/mol. The van der Waals surface area contributed by atoms with Crippen LogP contribution < -0.4 is 9.47 Å². The zero-order chi connectivity index (χ0) is 24.2. The van der Waals surface area contributed by atoms with Gasteiger partial charge in [0, 0.05) is 0 Å². The zero-order valence-electron chi connectivity index (χ0n) is 20.5. The van der Waals surface area contributed by atoms with Crippen LogP contribution in [0.25, 0.3) is 0 Å². The van der Waals surface area contributed by atoms with Crippen molar-refractivity contribution in [1.82, 2.24) is 0 Å². The molecule has 0 spiro atoms. The molecule has 2 N–H and O–H groups in total. The van der Waals surface area contributed by atoms with E-state index >= 15 is 0 Å². The van der Waals surface area contributed by atoms with Gasteiger partial charge in [-0.2, -0.15) is 0 Å². The van der Waals surface area contributed by atoms with Crippen molar-refractivity contribution >= 4 is 0 Å². The fourth-order valence-corrected chi connectivity index (χ4v) is 2.47. The lowest BCUT2D eigenvalue weighted by atomic mass is 10.0. The van der Waals surface area contributed by atoms with Crippen molar-refractivity contribution in [2.75, 3.05) is 33.7 Å². The van der Waals surface area contributed by atoms with Gasteiger partial charge >= 0.3 is 0 Å². The van der Waals surface area contributed by atoms with E-state index in [0.29, 0.717) is 12.2 Å². The smallest absolute Gasteiger partial charge is 0.146 e. The van der Waals surface area contributed by atoms with E-state index in [1.165, 1.54) is 11.1 Å². The summed E-state index contributed by atoms with van der Waals surface area (Å²) >= 11 is 0. The van der Waals surface area contributed by atoms with Crippen molar-refractivity contribution in [2.45, 2.75) is 59.7 Å². The number of hydrogen-bond acceptors (Lipinski definition) is 6. The quantitative estimate of drug-likeness (QED) is 0.336. The Morgan fingerprint density at radius 1 is 0.688 bits per heavy atom. The number of rotatable bonds is 13. The van der Waals surface area contributed by atoms with E-state index in [2.05, 4.69) is 0 Å². The summed E-state index contributed by atoms with van der Waals surface area (Å²) in [5, 5.41) is 19.2. The molecule has 2 unspecified atom stereocenters. The number of methoxy groups -OCH3 is 1. The summed E-state index contributed by atoms with van der Waals surface area (Å²) in [4.78, 5) is 0. The Morgan fingerprint density at radius 3 is 1.62 bits per heavy atom. The summed E-state index contributed by atoms with van der Waals surface area (Å²) in [6.07, 6.45) is 0.228. The number of aliphatic hydroxyl groups is 2. The van der Waals surface area contributed by atoms with Crippen LogP contribution in [0, 0.1) is 0 Å². The maximum atomic E-state index is 9.89. The third-order valence-corrected chi connectivity index (χ3v) is 4.19. The minimum atomic E-state index is -0.751. The summed E-state index contributed by atoms with van der Waals surface area (Å²) in [6.45, 7) is 10.4. The van der Waals surface area contributed by atoms with E-state index in [1.807, 2.05) is 83.1 Å². The Bertz CT molecular complexity index is 657. The Kier molecular flexibility index (Phi) is 18.3. The number of hydrogen-bond donors (Lipinski definition) is 2. The molecule has 0 heterocycles. The van der Waals surface area contributed by atoms with Gasteiger partial charge in [-0.1, -0.05) is 58.9 Å². The molecule has 2 aromatic rings. The third kappa shape index (κ3) is 13.3. The molecule has 0 aromatic heterocycles. The Hall–Kier alpha value is -2.12. The molecule has 0 saturated carbocycles. The zero-order valence-corrected chi connectivity index (χ0v) is 20.5. The number of aliphatic hydroxyl groups excluding tert-OH is 2. The van der Waals surface area contributed by atoms with Crippen molar-refractivity contribution in [3.63, 3.8) is 0 Å². The first-order chi connectivity index (χ1) is 15.6. The second-order valence-electron chi connectivity index (χ2n) is 6.56. The average Bonchev–Trinajstić information content (AvgIpc) is 2.86. The third-order valence-electron chi connectivity index (χ3n) is 4.19. The van der Waals surface area contributed by atoms with Crippen molar-refractivity contribution in [3.05, 3.63) is 59.7 Å². The molecule has 0 saturated heterocycles. The number of ether oxygens (including phenoxy) is 4. The van der Waals surface area contributed by atoms with Gasteiger partial charge in [-0.05, 0) is 48.2 Å². The summed E-state index contributed by atoms with van der Waals surface area (Å²) in [6, 6.07) is 15.8. The van der Waals surface area contributed by atoms with Gasteiger partial charge in [0.15, 0.2) is 0 Å². The molecule has 32 heavy (non-hydrogen) atoms. The summed E-state index contributed by atoms with van der Waals surface area (Å²) in [5.74, 6) is 1.54. The lowest BCUT2D eigenvalue weighted by Crippen LogP contribution is -2.24. The molecule has 6 heteroatoms. The normalized spacial score (nSPS) is 11.9. The molecule has 2 rings (SSSR count). The van der Waals surface area contributed by atoms with Crippen molar-refractivity contribution < 1.29 is 29.2 Å². The van der Waals surface area contributed by atoms with Crippen LogP contribution in [-0.4, -0.2) is 56.1 Å². The van der Waals surface area contributed by atoms with Gasteiger partial charge in [-0.25, -0.2) is 0 Å². The molecule has 2 aromatic carbocycles. The summed E-state index contributed by atoms with van der Waals surface area (Å²) < 4.78 is 21.1. The molecule has 0 aliphatic carbocycles. The van der Waals surface area contributed by atoms with Crippen molar-refractivity contribution in [2.24, 2.45) is 0 Å². The minimum absolute atomic E-state index is 0.0359. The predicted octanol–water partition coefficient (Wildman–Crippen LogP) is 4.84. The van der Waals surface area contributed by atoms with Crippen LogP contribution in [0.15, 0.2) is 48.5 Å². The van der Waals surface area contributed by atoms with Gasteiger partial charge in [0.2, 0.25) is 0 Å². The summed E-state index contributed by atoms with van der Waals surface area (Å²) in [7, 11) is 1.66. The number of benzene rings is 2. The van der Waals surface area contributed by atoms with Crippen LogP contribution in [0.4, 0.5) is 0 Å². The van der Waals surface area contributed by atoms with Gasteiger partial charge < -0.3 is 29.2 Å². The van der Waals surface area contributed by atoms with Crippen molar-refractivity contribution in [1.29, 1.82) is 0 Å². The molecule has 0 bridgehead atoms. The largest absolute Gasteiger partial charge is 0.497 e. The standard InChI is InChI=1S/C22H30O6.2C2H6/c1-3-19(23)13-26-16-27-14-20(24)15-28-22-10-6-18(7-11-22)12-17-4-8-21(25-2)9-5-17;2*1-2/h4-11,19-20,23-24H,3,12-16H2,1-2H3;2*1-2H3. The van der Waals surface area contributed by atoms with Gasteiger partial charge in [0.1, 0.15) is 31.0 Å². The molecule has 0 aliphatic heterocycles. The van der Waals surface area contributed by atoms with Gasteiger partial charge in [0.05, 0.1) is 26.4 Å². The van der Waals surface area contributed by atoms with E-state index in [9.17, 15) is 10.2 Å². The molecule has 0 fully saturated rings. The molecule has 0 aliphatic rings. The highest BCUT2D eigenvalue weighted by molar-refractivity contribution is 5.34. The topological polar surface area (TPSA) is 77.4 Å². The lowest BCUT2D eigenvalue weighted by molar-refractivity contribution is -0.101. The fourth-order valence-electron chi connectivity index (χ4n) is 2.47. The van der Waals surface area contributed by atoms with E-state index in [4.69, 9.17) is 18.9 Å². The molecule has 2 atom stereocenters. The molecular weight excluding hydrogens is 408 g/mol. The van der Waals surface area contributed by atoms with E-state index in [-0.39, 0.29) is 26.6 Å². The first-order valence-corrected chi connectivity index (χ1v) is 11.5. The SMILES string of the molecule is CC.CC.CCC(O)COCOCC(O)COc1ccc(Cc2ccc(OC)cc2)cc1. The van der Waals surface area contributed by atoms with Gasteiger partial charge in [-0.3, -0.25) is 0 Å². The summed E-state index contributed by atoms with van der Waals surface area (Å²) in [5.41, 5.74) is 2.38.